The third kappa shape index (κ3) is 3.20. The first kappa shape index (κ1) is 12.9. The molecule has 0 aromatic carbocycles. The molecule has 3 nitrogen and oxygen atoms in total. The average molecular weight is 236 g/mol. The van der Waals surface area contributed by atoms with Crippen molar-refractivity contribution < 1.29 is 4.74 Å². The SMILES string of the molecule is CCC1CCCC(OCC(N)(C#N)C2CC2)C1. The fraction of sp³-hybridized carbons (Fsp3) is 0.929. The van der Waals surface area contributed by atoms with Crippen molar-refractivity contribution in [2.45, 2.75) is 63.5 Å². The maximum absolute atomic E-state index is 9.17. The third-order valence-electron chi connectivity index (χ3n) is 4.38. The van der Waals surface area contributed by atoms with Gasteiger partial charge in [0.05, 0.1) is 18.8 Å². The highest BCUT2D eigenvalue weighted by atomic mass is 16.5. The largest absolute Gasteiger partial charge is 0.375 e. The van der Waals surface area contributed by atoms with Crippen molar-refractivity contribution in [1.82, 2.24) is 0 Å². The number of rotatable bonds is 5. The summed E-state index contributed by atoms with van der Waals surface area (Å²) in [7, 11) is 0. The van der Waals surface area contributed by atoms with Gasteiger partial charge in [-0.1, -0.05) is 26.2 Å². The second-order valence-electron chi connectivity index (χ2n) is 5.80. The highest BCUT2D eigenvalue weighted by molar-refractivity contribution is 5.13. The number of nitrogens with two attached hydrogens (primary N) is 1. The van der Waals surface area contributed by atoms with Crippen LogP contribution in [0.25, 0.3) is 0 Å². The van der Waals surface area contributed by atoms with Crippen LogP contribution in [0.5, 0.6) is 0 Å². The summed E-state index contributed by atoms with van der Waals surface area (Å²) in [5.74, 6) is 1.18. The maximum atomic E-state index is 9.17. The summed E-state index contributed by atoms with van der Waals surface area (Å²) >= 11 is 0. The molecule has 0 bridgehead atoms. The zero-order chi connectivity index (χ0) is 12.3. The summed E-state index contributed by atoms with van der Waals surface area (Å²) in [6, 6.07) is 2.26. The molecule has 2 N–H and O–H groups in total. The average Bonchev–Trinajstić information content (AvgIpc) is 3.21. The first-order valence-corrected chi connectivity index (χ1v) is 6.99. The van der Waals surface area contributed by atoms with Crippen molar-refractivity contribution in [2.24, 2.45) is 17.6 Å². The lowest BCUT2D eigenvalue weighted by atomic mass is 9.85. The number of hydrogen-bond acceptors (Lipinski definition) is 3. The summed E-state index contributed by atoms with van der Waals surface area (Å²) in [4.78, 5) is 0. The van der Waals surface area contributed by atoms with Gasteiger partial charge in [0.25, 0.3) is 0 Å². The van der Waals surface area contributed by atoms with E-state index in [0.717, 1.165) is 31.6 Å². The van der Waals surface area contributed by atoms with Crippen molar-refractivity contribution in [3.05, 3.63) is 0 Å². The molecule has 2 aliphatic rings. The Bertz CT molecular complexity index is 295. The first-order valence-electron chi connectivity index (χ1n) is 6.99. The van der Waals surface area contributed by atoms with Crippen LogP contribution in [0.2, 0.25) is 0 Å². The second-order valence-corrected chi connectivity index (χ2v) is 5.80. The van der Waals surface area contributed by atoms with Crippen LogP contribution in [0.15, 0.2) is 0 Å². The Morgan fingerprint density at radius 2 is 2.12 bits per heavy atom. The van der Waals surface area contributed by atoms with Crippen LogP contribution in [-0.4, -0.2) is 18.2 Å². The van der Waals surface area contributed by atoms with E-state index in [9.17, 15) is 0 Å². The van der Waals surface area contributed by atoms with Crippen LogP contribution in [0.3, 0.4) is 0 Å². The quantitative estimate of drug-likeness (QED) is 0.798. The monoisotopic (exact) mass is 236 g/mol. The van der Waals surface area contributed by atoms with Gasteiger partial charge in [0.15, 0.2) is 0 Å². The summed E-state index contributed by atoms with van der Waals surface area (Å²) in [6.07, 6.45) is 8.66. The van der Waals surface area contributed by atoms with Crippen molar-refractivity contribution >= 4 is 0 Å². The molecule has 3 atom stereocenters. The fourth-order valence-corrected chi connectivity index (χ4v) is 2.86. The van der Waals surface area contributed by atoms with Gasteiger partial charge in [-0.2, -0.15) is 5.26 Å². The molecule has 0 heterocycles. The van der Waals surface area contributed by atoms with E-state index in [1.165, 1.54) is 19.3 Å². The number of nitrogens with zero attached hydrogens (tertiary/aromatic N) is 1. The van der Waals surface area contributed by atoms with Crippen molar-refractivity contribution in [2.75, 3.05) is 6.61 Å². The summed E-state index contributed by atoms with van der Waals surface area (Å²) in [6.45, 7) is 2.68. The Hall–Kier alpha value is -0.590. The Kier molecular flexibility index (Phi) is 4.06. The van der Waals surface area contributed by atoms with Crippen LogP contribution >= 0.6 is 0 Å². The van der Waals surface area contributed by atoms with Gasteiger partial charge in [-0.05, 0) is 37.5 Å². The summed E-state index contributed by atoms with van der Waals surface area (Å²) in [5, 5.41) is 9.17. The van der Waals surface area contributed by atoms with Gasteiger partial charge in [0, 0.05) is 0 Å². The Labute approximate surface area is 104 Å². The van der Waals surface area contributed by atoms with Crippen LogP contribution in [0.4, 0.5) is 0 Å². The van der Waals surface area contributed by atoms with Crippen molar-refractivity contribution in [3.63, 3.8) is 0 Å². The van der Waals surface area contributed by atoms with Crippen molar-refractivity contribution in [1.29, 1.82) is 5.26 Å². The van der Waals surface area contributed by atoms with E-state index in [0.29, 0.717) is 18.6 Å². The molecule has 2 aliphatic carbocycles. The lowest BCUT2D eigenvalue weighted by Gasteiger charge is -2.31. The minimum absolute atomic E-state index is 0.337. The van der Waals surface area contributed by atoms with Gasteiger partial charge >= 0.3 is 0 Å². The van der Waals surface area contributed by atoms with Gasteiger partial charge in [-0.15, -0.1) is 0 Å². The van der Waals surface area contributed by atoms with E-state index in [1.54, 1.807) is 0 Å². The molecule has 2 saturated carbocycles. The molecule has 2 rings (SSSR count). The van der Waals surface area contributed by atoms with E-state index in [-0.39, 0.29) is 0 Å². The molecule has 17 heavy (non-hydrogen) atoms. The van der Waals surface area contributed by atoms with Gasteiger partial charge < -0.3 is 10.5 Å². The zero-order valence-electron chi connectivity index (χ0n) is 10.8. The smallest absolute Gasteiger partial charge is 0.130 e. The Balaban J connectivity index is 1.79. The molecular weight excluding hydrogens is 212 g/mol. The van der Waals surface area contributed by atoms with E-state index < -0.39 is 5.54 Å². The molecule has 0 radical (unpaired) electrons. The molecule has 0 aliphatic heterocycles. The first-order chi connectivity index (χ1) is 8.18. The molecule has 0 amide bonds. The molecule has 2 fully saturated rings. The zero-order valence-corrected chi connectivity index (χ0v) is 10.8. The lowest BCUT2D eigenvalue weighted by Crippen LogP contribution is -2.46. The topological polar surface area (TPSA) is 59.0 Å². The molecule has 3 unspecified atom stereocenters. The van der Waals surface area contributed by atoms with E-state index >= 15 is 0 Å². The molecule has 0 aromatic heterocycles. The lowest BCUT2D eigenvalue weighted by molar-refractivity contribution is -0.00689. The number of hydrogen-bond donors (Lipinski definition) is 1. The Morgan fingerprint density at radius 3 is 2.71 bits per heavy atom. The second kappa shape index (κ2) is 5.37. The van der Waals surface area contributed by atoms with Crippen LogP contribution < -0.4 is 5.73 Å². The molecule has 0 saturated heterocycles. The predicted octanol–water partition coefficient (Wildman–Crippen LogP) is 2.60. The van der Waals surface area contributed by atoms with E-state index in [2.05, 4.69) is 13.0 Å². The predicted molar refractivity (Wildman–Crippen MR) is 67.2 cm³/mol. The molecular formula is C14H24N2O. The van der Waals surface area contributed by atoms with E-state index in [1.807, 2.05) is 0 Å². The standard InChI is InChI=1S/C14H24N2O/c1-2-11-4-3-5-13(8-11)17-10-14(16,9-15)12-6-7-12/h11-13H,2-8,10,16H2,1H3. The van der Waals surface area contributed by atoms with Crippen LogP contribution in [-0.2, 0) is 4.74 Å². The highest BCUT2D eigenvalue weighted by Crippen LogP contribution is 2.38. The van der Waals surface area contributed by atoms with Crippen LogP contribution in [0, 0.1) is 23.2 Å². The fourth-order valence-electron chi connectivity index (χ4n) is 2.86. The van der Waals surface area contributed by atoms with Gasteiger partial charge in [0.1, 0.15) is 5.54 Å². The summed E-state index contributed by atoms with van der Waals surface area (Å²) < 4.78 is 5.92. The normalized spacial score (nSPS) is 32.8. The third-order valence-corrected chi connectivity index (χ3v) is 4.38. The Morgan fingerprint density at radius 1 is 1.35 bits per heavy atom. The maximum Gasteiger partial charge on any atom is 0.130 e. The number of nitriles is 1. The highest BCUT2D eigenvalue weighted by Gasteiger charge is 2.43. The minimum atomic E-state index is -0.723. The minimum Gasteiger partial charge on any atom is -0.375 e. The van der Waals surface area contributed by atoms with Gasteiger partial charge in [-0.3, -0.25) is 0 Å². The van der Waals surface area contributed by atoms with Crippen molar-refractivity contribution in [3.8, 4) is 6.07 Å². The molecule has 3 heteroatoms. The van der Waals surface area contributed by atoms with E-state index in [4.69, 9.17) is 15.7 Å². The molecule has 96 valence electrons. The van der Waals surface area contributed by atoms with Gasteiger partial charge in [0.2, 0.25) is 0 Å². The molecule has 0 aromatic rings. The number of ether oxygens (including phenoxy) is 1. The van der Waals surface area contributed by atoms with Gasteiger partial charge in [-0.25, -0.2) is 0 Å². The van der Waals surface area contributed by atoms with Crippen LogP contribution in [0.1, 0.15) is 51.9 Å². The molecule has 0 spiro atoms. The summed E-state index contributed by atoms with van der Waals surface area (Å²) in [5.41, 5.74) is 5.38.